The molecular weight excluding hydrogens is 232 g/mol. The van der Waals surface area contributed by atoms with E-state index in [9.17, 15) is 0 Å². The minimum absolute atomic E-state index is 0.701. The van der Waals surface area contributed by atoms with Crippen molar-refractivity contribution >= 4 is 0 Å². The van der Waals surface area contributed by atoms with E-state index < -0.39 is 0 Å². The van der Waals surface area contributed by atoms with Gasteiger partial charge in [-0.2, -0.15) is 0 Å². The van der Waals surface area contributed by atoms with Crippen molar-refractivity contribution in [3.05, 3.63) is 35.9 Å². The van der Waals surface area contributed by atoms with Crippen molar-refractivity contribution < 1.29 is 0 Å². The van der Waals surface area contributed by atoms with Crippen LogP contribution in [0.25, 0.3) is 0 Å². The molecule has 0 aromatic heterocycles. The molecule has 0 aliphatic rings. The molecule has 1 aromatic carbocycles. The first-order valence-corrected chi connectivity index (χ1v) is 7.79. The molecule has 0 spiro atoms. The molecule has 1 rings (SSSR count). The summed E-state index contributed by atoms with van der Waals surface area (Å²) in [5.74, 6) is 0. The normalized spacial score (nSPS) is 12.8. The van der Waals surface area contributed by atoms with Crippen molar-refractivity contribution in [1.29, 1.82) is 0 Å². The Balaban J connectivity index is 2.63. The third-order valence-electron chi connectivity index (χ3n) is 3.76. The maximum absolute atomic E-state index is 5.69. The summed E-state index contributed by atoms with van der Waals surface area (Å²) in [5.41, 5.74) is 7.10. The number of benzene rings is 1. The lowest BCUT2D eigenvalue weighted by molar-refractivity contribution is 0.169. The fourth-order valence-electron chi connectivity index (χ4n) is 2.59. The van der Waals surface area contributed by atoms with E-state index in [4.69, 9.17) is 5.73 Å². The minimum atomic E-state index is 0.701. The molecule has 0 bridgehead atoms. The fraction of sp³-hybridized carbons (Fsp3) is 0.647. The summed E-state index contributed by atoms with van der Waals surface area (Å²) in [6.07, 6.45) is 6.25. The lowest BCUT2D eigenvalue weighted by Crippen LogP contribution is -2.36. The van der Waals surface area contributed by atoms with Gasteiger partial charge in [0.2, 0.25) is 0 Å². The van der Waals surface area contributed by atoms with Crippen LogP contribution in [-0.4, -0.2) is 24.0 Å². The number of hydrogen-bond acceptors (Lipinski definition) is 2. The first-order chi connectivity index (χ1) is 9.31. The number of hydrogen-bond donors (Lipinski definition) is 1. The number of nitrogens with two attached hydrogens (primary N) is 1. The zero-order chi connectivity index (χ0) is 13.9. The van der Waals surface area contributed by atoms with E-state index in [1.807, 2.05) is 0 Å². The lowest BCUT2D eigenvalue weighted by Gasteiger charge is -2.31. The molecule has 0 saturated heterocycles. The molecule has 0 amide bonds. The van der Waals surface area contributed by atoms with E-state index in [2.05, 4.69) is 49.1 Å². The molecule has 0 saturated carbocycles. The van der Waals surface area contributed by atoms with Crippen LogP contribution in [0.2, 0.25) is 0 Å². The lowest BCUT2D eigenvalue weighted by atomic mass is 10.0. The van der Waals surface area contributed by atoms with Crippen LogP contribution in [0.15, 0.2) is 30.3 Å². The molecule has 1 unspecified atom stereocenters. The van der Waals surface area contributed by atoms with Crippen LogP contribution in [-0.2, 0) is 6.54 Å². The second kappa shape index (κ2) is 9.99. The van der Waals surface area contributed by atoms with Crippen LogP contribution >= 0.6 is 0 Å². The second-order valence-corrected chi connectivity index (χ2v) is 5.30. The molecule has 0 aliphatic carbocycles. The van der Waals surface area contributed by atoms with Gasteiger partial charge in [0.25, 0.3) is 0 Å². The van der Waals surface area contributed by atoms with Gasteiger partial charge in [-0.05, 0) is 37.9 Å². The molecule has 0 radical (unpaired) electrons. The number of nitrogens with zero attached hydrogens (tertiary/aromatic N) is 1. The molecule has 0 aliphatic heterocycles. The fourth-order valence-corrected chi connectivity index (χ4v) is 2.59. The highest BCUT2D eigenvalue weighted by atomic mass is 15.1. The van der Waals surface area contributed by atoms with Gasteiger partial charge >= 0.3 is 0 Å². The van der Waals surface area contributed by atoms with Gasteiger partial charge in [-0.15, -0.1) is 0 Å². The molecule has 0 heterocycles. The van der Waals surface area contributed by atoms with Gasteiger partial charge in [-0.3, -0.25) is 4.90 Å². The molecule has 1 atom stereocenters. The molecule has 1 aromatic rings. The quantitative estimate of drug-likeness (QED) is 0.695. The zero-order valence-corrected chi connectivity index (χ0v) is 12.6. The Morgan fingerprint density at radius 3 is 2.42 bits per heavy atom. The summed E-state index contributed by atoms with van der Waals surface area (Å²) in [4.78, 5) is 2.62. The SMILES string of the molecule is CCCCC(CC)N(CCCN)Cc1ccccc1. The largest absolute Gasteiger partial charge is 0.330 e. The van der Waals surface area contributed by atoms with Crippen molar-refractivity contribution in [1.82, 2.24) is 4.90 Å². The first-order valence-electron chi connectivity index (χ1n) is 7.79. The zero-order valence-electron chi connectivity index (χ0n) is 12.6. The second-order valence-electron chi connectivity index (χ2n) is 5.30. The van der Waals surface area contributed by atoms with Crippen LogP contribution in [0.1, 0.15) is 51.5 Å². The third kappa shape index (κ3) is 6.22. The minimum Gasteiger partial charge on any atom is -0.330 e. The highest BCUT2D eigenvalue weighted by Crippen LogP contribution is 2.16. The summed E-state index contributed by atoms with van der Waals surface area (Å²) >= 11 is 0. The van der Waals surface area contributed by atoms with E-state index in [0.29, 0.717) is 6.04 Å². The topological polar surface area (TPSA) is 29.3 Å². The van der Waals surface area contributed by atoms with Crippen LogP contribution in [0.5, 0.6) is 0 Å². The first kappa shape index (κ1) is 16.2. The highest BCUT2D eigenvalue weighted by Gasteiger charge is 2.16. The Morgan fingerprint density at radius 2 is 1.84 bits per heavy atom. The van der Waals surface area contributed by atoms with Gasteiger partial charge in [0, 0.05) is 12.6 Å². The summed E-state index contributed by atoms with van der Waals surface area (Å²) < 4.78 is 0. The maximum Gasteiger partial charge on any atom is 0.0236 e. The smallest absolute Gasteiger partial charge is 0.0236 e. The Hall–Kier alpha value is -0.860. The van der Waals surface area contributed by atoms with Crippen LogP contribution < -0.4 is 5.73 Å². The van der Waals surface area contributed by atoms with Crippen molar-refractivity contribution in [3.8, 4) is 0 Å². The molecule has 2 nitrogen and oxygen atoms in total. The Labute approximate surface area is 119 Å². The van der Waals surface area contributed by atoms with Crippen molar-refractivity contribution in [3.63, 3.8) is 0 Å². The average molecular weight is 262 g/mol. The van der Waals surface area contributed by atoms with Gasteiger partial charge < -0.3 is 5.73 Å². The van der Waals surface area contributed by atoms with E-state index in [1.54, 1.807) is 0 Å². The predicted octanol–water partition coefficient (Wildman–Crippen LogP) is 3.81. The summed E-state index contributed by atoms with van der Waals surface area (Å²) in [6, 6.07) is 11.5. The van der Waals surface area contributed by atoms with E-state index in [-0.39, 0.29) is 0 Å². The maximum atomic E-state index is 5.69. The third-order valence-corrected chi connectivity index (χ3v) is 3.76. The number of unbranched alkanes of at least 4 members (excludes halogenated alkanes) is 1. The highest BCUT2D eigenvalue weighted by molar-refractivity contribution is 5.14. The molecular formula is C17H30N2. The van der Waals surface area contributed by atoms with E-state index in [1.165, 1.54) is 31.2 Å². The van der Waals surface area contributed by atoms with Gasteiger partial charge in [-0.25, -0.2) is 0 Å². The summed E-state index contributed by atoms with van der Waals surface area (Å²) in [6.45, 7) is 7.54. The standard InChI is InChI=1S/C17H30N2/c1-3-5-12-17(4-2)19(14-9-13-18)15-16-10-7-6-8-11-16/h6-8,10-11,17H,3-5,9,12-15,18H2,1-2H3. The van der Waals surface area contributed by atoms with Gasteiger partial charge in [0.1, 0.15) is 0 Å². The van der Waals surface area contributed by atoms with E-state index in [0.717, 1.165) is 26.1 Å². The van der Waals surface area contributed by atoms with Crippen molar-refractivity contribution in [2.75, 3.05) is 13.1 Å². The van der Waals surface area contributed by atoms with Crippen molar-refractivity contribution in [2.24, 2.45) is 5.73 Å². The molecule has 2 heteroatoms. The van der Waals surface area contributed by atoms with Gasteiger partial charge in [-0.1, -0.05) is 57.0 Å². The van der Waals surface area contributed by atoms with Crippen molar-refractivity contribution in [2.45, 2.75) is 58.5 Å². The van der Waals surface area contributed by atoms with E-state index >= 15 is 0 Å². The van der Waals surface area contributed by atoms with Crippen LogP contribution in [0.3, 0.4) is 0 Å². The van der Waals surface area contributed by atoms with Crippen LogP contribution in [0, 0.1) is 0 Å². The number of rotatable bonds is 10. The van der Waals surface area contributed by atoms with Crippen LogP contribution in [0.4, 0.5) is 0 Å². The molecule has 0 fully saturated rings. The molecule has 108 valence electrons. The average Bonchev–Trinajstić information content (AvgIpc) is 2.46. The Bertz CT molecular complexity index is 310. The Kier molecular flexibility index (Phi) is 8.52. The Morgan fingerprint density at radius 1 is 1.11 bits per heavy atom. The van der Waals surface area contributed by atoms with Gasteiger partial charge in [0.15, 0.2) is 0 Å². The molecule has 2 N–H and O–H groups in total. The monoisotopic (exact) mass is 262 g/mol. The molecule has 19 heavy (non-hydrogen) atoms. The van der Waals surface area contributed by atoms with Gasteiger partial charge in [0.05, 0.1) is 0 Å². The predicted molar refractivity (Wildman–Crippen MR) is 84.1 cm³/mol. The summed E-state index contributed by atoms with van der Waals surface area (Å²) in [5, 5.41) is 0. The summed E-state index contributed by atoms with van der Waals surface area (Å²) in [7, 11) is 0.